The van der Waals surface area contributed by atoms with Crippen LogP contribution in [0.2, 0.25) is 0 Å². The molecule has 2 aromatic carbocycles. The van der Waals surface area contributed by atoms with Gasteiger partial charge >= 0.3 is 0 Å². The van der Waals surface area contributed by atoms with Crippen LogP contribution in [-0.2, 0) is 11.3 Å². The van der Waals surface area contributed by atoms with E-state index in [1.165, 1.54) is 6.08 Å². The first-order chi connectivity index (χ1) is 16.5. The molecule has 0 aliphatic heterocycles. The molecule has 0 bridgehead atoms. The molecule has 4 N–H and O–H groups in total. The maximum Gasteiger partial charge on any atom is 0.248 e. The smallest absolute Gasteiger partial charge is 0.248 e. The molecule has 0 atom stereocenters. The highest BCUT2D eigenvalue weighted by Gasteiger charge is 2.09. The van der Waals surface area contributed by atoms with E-state index in [-0.39, 0.29) is 5.91 Å². The molecule has 0 spiro atoms. The molecule has 34 heavy (non-hydrogen) atoms. The number of hydrogen-bond acceptors (Lipinski definition) is 5. The molecule has 2 aromatic heterocycles. The van der Waals surface area contributed by atoms with Crippen LogP contribution in [0.15, 0.2) is 67.0 Å². The number of H-pyrrole nitrogens is 1. The first kappa shape index (κ1) is 22.6. The maximum atomic E-state index is 12.4. The second-order valence-corrected chi connectivity index (χ2v) is 7.55. The number of methoxy groups -OCH3 is 2. The summed E-state index contributed by atoms with van der Waals surface area (Å²) in [5, 5.41) is 3.71. The molecular formula is C26H24N4O4. The normalized spacial score (nSPS) is 11.0. The fraction of sp³-hybridized carbons (Fsp3) is 0.115. The molecule has 2 amide bonds. The number of nitrogens with zero attached hydrogens (tertiary/aromatic N) is 1. The molecule has 172 valence electrons. The average molecular weight is 457 g/mol. The zero-order chi connectivity index (χ0) is 24.1. The van der Waals surface area contributed by atoms with Gasteiger partial charge in [0.25, 0.3) is 0 Å². The van der Waals surface area contributed by atoms with E-state index in [2.05, 4.69) is 15.3 Å². The van der Waals surface area contributed by atoms with Crippen LogP contribution in [0.3, 0.4) is 0 Å². The first-order valence-corrected chi connectivity index (χ1v) is 10.5. The number of carbonyl (C=O) groups is 2. The largest absolute Gasteiger partial charge is 0.493 e. The lowest BCUT2D eigenvalue weighted by molar-refractivity contribution is -0.116. The van der Waals surface area contributed by atoms with E-state index in [1.54, 1.807) is 57.0 Å². The van der Waals surface area contributed by atoms with Gasteiger partial charge in [0.1, 0.15) is 5.65 Å². The molecule has 0 fully saturated rings. The summed E-state index contributed by atoms with van der Waals surface area (Å²) in [6.45, 7) is 0.347. The summed E-state index contributed by atoms with van der Waals surface area (Å²) < 4.78 is 10.5. The van der Waals surface area contributed by atoms with Gasteiger partial charge in [-0.25, -0.2) is 4.98 Å². The van der Waals surface area contributed by atoms with Gasteiger partial charge in [0.2, 0.25) is 11.8 Å². The Kier molecular flexibility index (Phi) is 6.59. The van der Waals surface area contributed by atoms with Crippen LogP contribution in [0.25, 0.3) is 28.2 Å². The van der Waals surface area contributed by atoms with Crippen LogP contribution in [-0.4, -0.2) is 36.0 Å². The molecule has 4 rings (SSSR count). The highest BCUT2D eigenvalue weighted by atomic mass is 16.5. The van der Waals surface area contributed by atoms with Gasteiger partial charge in [-0.05, 0) is 47.5 Å². The van der Waals surface area contributed by atoms with Crippen molar-refractivity contribution in [1.82, 2.24) is 15.3 Å². The minimum atomic E-state index is -0.486. The number of benzene rings is 2. The van der Waals surface area contributed by atoms with Crippen molar-refractivity contribution in [3.05, 3.63) is 83.7 Å². The van der Waals surface area contributed by atoms with Crippen molar-refractivity contribution in [2.45, 2.75) is 6.54 Å². The number of carbonyl (C=O) groups excluding carboxylic acids is 2. The van der Waals surface area contributed by atoms with E-state index in [4.69, 9.17) is 15.2 Å². The second-order valence-electron chi connectivity index (χ2n) is 7.55. The molecule has 4 aromatic rings. The van der Waals surface area contributed by atoms with E-state index >= 15 is 0 Å². The van der Waals surface area contributed by atoms with Crippen molar-refractivity contribution in [2.75, 3.05) is 14.2 Å². The first-order valence-electron chi connectivity index (χ1n) is 10.5. The number of ether oxygens (including phenoxy) is 2. The van der Waals surface area contributed by atoms with Crippen LogP contribution < -0.4 is 20.5 Å². The summed E-state index contributed by atoms with van der Waals surface area (Å²) >= 11 is 0. The summed E-state index contributed by atoms with van der Waals surface area (Å²) in [5.41, 5.74) is 9.89. The standard InChI is InChI=1S/C26H24N4O4/c1-33-22-8-6-16(10-23(22)34-2)13-28-24(31)9-7-19-14-29-26-21(19)12-20(15-30-26)17-4-3-5-18(11-17)25(27)32/h3-12,14-15H,13H2,1-2H3,(H2,27,32)(H,28,31)(H,29,30)/b9-7+. The zero-order valence-corrected chi connectivity index (χ0v) is 18.8. The van der Waals surface area contributed by atoms with E-state index in [9.17, 15) is 9.59 Å². The van der Waals surface area contributed by atoms with Gasteiger partial charge in [-0.15, -0.1) is 0 Å². The van der Waals surface area contributed by atoms with Crippen LogP contribution in [0.4, 0.5) is 0 Å². The Morgan fingerprint density at radius 3 is 2.65 bits per heavy atom. The Labute approximate surface area is 196 Å². The van der Waals surface area contributed by atoms with Crippen LogP contribution in [0.5, 0.6) is 11.5 Å². The summed E-state index contributed by atoms with van der Waals surface area (Å²) in [6.07, 6.45) is 6.72. The van der Waals surface area contributed by atoms with Crippen LogP contribution in [0.1, 0.15) is 21.5 Å². The number of fused-ring (bicyclic) bond motifs is 1. The van der Waals surface area contributed by atoms with Crippen molar-refractivity contribution in [1.29, 1.82) is 0 Å². The summed E-state index contributed by atoms with van der Waals surface area (Å²) in [7, 11) is 3.14. The van der Waals surface area contributed by atoms with Crippen molar-refractivity contribution in [2.24, 2.45) is 5.73 Å². The quantitative estimate of drug-likeness (QED) is 0.350. The summed E-state index contributed by atoms with van der Waals surface area (Å²) in [4.78, 5) is 31.5. The SMILES string of the molecule is COc1ccc(CNC(=O)/C=C/c2c[nH]c3ncc(-c4cccc(C(N)=O)c4)cc23)cc1OC. The summed E-state index contributed by atoms with van der Waals surface area (Å²) in [5.74, 6) is 0.516. The molecule has 0 aliphatic carbocycles. The number of pyridine rings is 1. The topological polar surface area (TPSA) is 119 Å². The third-order valence-corrected chi connectivity index (χ3v) is 5.37. The Morgan fingerprint density at radius 2 is 1.88 bits per heavy atom. The fourth-order valence-electron chi connectivity index (χ4n) is 3.58. The second kappa shape index (κ2) is 9.91. The monoisotopic (exact) mass is 456 g/mol. The third kappa shape index (κ3) is 4.91. The Bertz CT molecular complexity index is 1390. The Balaban J connectivity index is 1.49. The van der Waals surface area contributed by atoms with E-state index in [0.29, 0.717) is 29.3 Å². The van der Waals surface area contributed by atoms with Crippen molar-refractivity contribution < 1.29 is 19.1 Å². The minimum Gasteiger partial charge on any atom is -0.493 e. The molecule has 0 radical (unpaired) electrons. The molecule has 2 heterocycles. The van der Waals surface area contributed by atoms with Gasteiger partial charge in [0, 0.05) is 47.1 Å². The Morgan fingerprint density at radius 1 is 1.06 bits per heavy atom. The van der Waals surface area contributed by atoms with E-state index in [0.717, 1.165) is 27.6 Å². The molecule has 8 nitrogen and oxygen atoms in total. The number of aromatic nitrogens is 2. The number of amides is 2. The number of hydrogen-bond donors (Lipinski definition) is 3. The molecule has 0 unspecified atom stereocenters. The van der Waals surface area contributed by atoms with Gasteiger partial charge in [0.15, 0.2) is 11.5 Å². The lowest BCUT2D eigenvalue weighted by atomic mass is 10.0. The van der Waals surface area contributed by atoms with E-state index in [1.807, 2.05) is 24.3 Å². The van der Waals surface area contributed by atoms with Crippen molar-refractivity contribution in [3.8, 4) is 22.6 Å². The van der Waals surface area contributed by atoms with Gasteiger partial charge < -0.3 is 25.5 Å². The third-order valence-electron chi connectivity index (χ3n) is 5.37. The minimum absolute atomic E-state index is 0.234. The average Bonchev–Trinajstić information content (AvgIpc) is 3.28. The molecule has 0 saturated carbocycles. The number of rotatable bonds is 8. The molecule has 0 saturated heterocycles. The maximum absolute atomic E-state index is 12.4. The van der Waals surface area contributed by atoms with Crippen LogP contribution >= 0.6 is 0 Å². The lowest BCUT2D eigenvalue weighted by Gasteiger charge is -2.09. The van der Waals surface area contributed by atoms with Gasteiger partial charge in [0.05, 0.1) is 14.2 Å². The molecule has 0 aliphatic rings. The molecular weight excluding hydrogens is 432 g/mol. The number of nitrogens with two attached hydrogens (primary N) is 1. The van der Waals surface area contributed by atoms with Gasteiger partial charge in [-0.1, -0.05) is 18.2 Å². The summed E-state index contributed by atoms with van der Waals surface area (Å²) in [6, 6.07) is 14.5. The number of aromatic amines is 1. The highest BCUT2D eigenvalue weighted by Crippen LogP contribution is 2.28. The number of primary amides is 1. The van der Waals surface area contributed by atoms with Gasteiger partial charge in [-0.2, -0.15) is 0 Å². The van der Waals surface area contributed by atoms with Crippen LogP contribution in [0, 0.1) is 0 Å². The molecule has 8 heteroatoms. The predicted octanol–water partition coefficient (Wildman–Crippen LogP) is 3.68. The number of nitrogens with one attached hydrogen (secondary N) is 2. The zero-order valence-electron chi connectivity index (χ0n) is 18.8. The van der Waals surface area contributed by atoms with Gasteiger partial charge in [-0.3, -0.25) is 9.59 Å². The van der Waals surface area contributed by atoms with Crippen molar-refractivity contribution in [3.63, 3.8) is 0 Å². The van der Waals surface area contributed by atoms with E-state index < -0.39 is 5.91 Å². The fourth-order valence-corrected chi connectivity index (χ4v) is 3.58. The Hall–Kier alpha value is -4.59. The van der Waals surface area contributed by atoms with Crippen molar-refractivity contribution >= 4 is 28.9 Å². The highest BCUT2D eigenvalue weighted by molar-refractivity contribution is 5.97. The lowest BCUT2D eigenvalue weighted by Crippen LogP contribution is -2.20. The predicted molar refractivity (Wildman–Crippen MR) is 130 cm³/mol.